The normalized spacial score (nSPS) is 16.4. The average Bonchev–Trinajstić information content (AvgIpc) is 3.20. The van der Waals surface area contributed by atoms with E-state index in [0.717, 1.165) is 19.4 Å². The zero-order chi connectivity index (χ0) is 23.5. The van der Waals surface area contributed by atoms with E-state index in [2.05, 4.69) is 15.3 Å². The van der Waals surface area contributed by atoms with Gasteiger partial charge < -0.3 is 10.1 Å². The van der Waals surface area contributed by atoms with E-state index in [0.29, 0.717) is 33.7 Å². The average molecular weight is 507 g/mol. The number of Topliss-reactive ketones (excluding diaryl/α,β-unsaturated/α-hetero) is 1. The molecule has 1 atom stereocenters. The number of nitrogens with one attached hydrogen (secondary N) is 1. The summed E-state index contributed by atoms with van der Waals surface area (Å²) in [5.74, 6) is -1.04. The molecule has 4 rings (SSSR count). The van der Waals surface area contributed by atoms with Crippen molar-refractivity contribution < 1.29 is 18.3 Å². The monoisotopic (exact) mass is 506 g/mol. The van der Waals surface area contributed by atoms with Crippen LogP contribution in [0.2, 0.25) is 5.02 Å². The molecule has 1 aliphatic rings. The Morgan fingerprint density at radius 3 is 2.79 bits per heavy atom. The lowest BCUT2D eigenvalue weighted by atomic mass is 10.0. The summed E-state index contributed by atoms with van der Waals surface area (Å²) in [4.78, 5) is 23.2. The quantitative estimate of drug-likeness (QED) is 0.436. The molecule has 6 nitrogen and oxygen atoms in total. The number of hydrogen-bond acceptors (Lipinski definition) is 6. The summed E-state index contributed by atoms with van der Waals surface area (Å²) in [7, 11) is 3.40. The van der Waals surface area contributed by atoms with Crippen LogP contribution < -0.4 is 10.1 Å². The summed E-state index contributed by atoms with van der Waals surface area (Å²) in [5, 5.41) is 3.66. The van der Waals surface area contributed by atoms with Gasteiger partial charge >= 0.3 is 0 Å². The van der Waals surface area contributed by atoms with Crippen LogP contribution in [0.25, 0.3) is 10.9 Å². The fraction of sp³-hybridized carbons (Fsp3) is 0.292. The van der Waals surface area contributed by atoms with Gasteiger partial charge in [-0.25, -0.2) is 18.7 Å². The SMILES string of the molecule is COc1cc2ncnc(Nc3ccc(F)c(Cl)c3)c2cc1CC(=O)C(F)=CC1CCCN1C.S. The van der Waals surface area contributed by atoms with Crippen molar-refractivity contribution in [2.75, 3.05) is 26.0 Å². The maximum absolute atomic E-state index is 14.7. The molecule has 10 heteroatoms. The minimum absolute atomic E-state index is 0. The number of allylic oxidation sites excluding steroid dienone is 1. The van der Waals surface area contributed by atoms with E-state index in [4.69, 9.17) is 16.3 Å². The Bertz CT molecular complexity index is 1240. The van der Waals surface area contributed by atoms with Gasteiger partial charge in [0.15, 0.2) is 11.6 Å². The first-order valence-electron chi connectivity index (χ1n) is 10.5. The summed E-state index contributed by atoms with van der Waals surface area (Å²) >= 11 is 5.87. The number of methoxy groups -OCH3 is 1. The fourth-order valence-electron chi connectivity index (χ4n) is 3.93. The van der Waals surface area contributed by atoms with Gasteiger partial charge in [0.05, 0.1) is 17.6 Å². The van der Waals surface area contributed by atoms with E-state index in [1.165, 1.54) is 37.7 Å². The molecule has 0 radical (unpaired) electrons. The Hall–Kier alpha value is -2.75. The number of ketones is 1. The van der Waals surface area contributed by atoms with Gasteiger partial charge in [0, 0.05) is 35.2 Å². The third kappa shape index (κ3) is 5.65. The van der Waals surface area contributed by atoms with Crippen LogP contribution in [0.1, 0.15) is 18.4 Å². The summed E-state index contributed by atoms with van der Waals surface area (Å²) < 4.78 is 33.6. The highest BCUT2D eigenvalue weighted by atomic mass is 35.5. The van der Waals surface area contributed by atoms with Gasteiger partial charge in [0.1, 0.15) is 23.7 Å². The molecule has 1 aliphatic heterocycles. The van der Waals surface area contributed by atoms with Gasteiger partial charge in [-0.1, -0.05) is 11.6 Å². The van der Waals surface area contributed by atoms with Crippen molar-refractivity contribution in [1.29, 1.82) is 0 Å². The highest BCUT2D eigenvalue weighted by Gasteiger charge is 2.22. The molecule has 1 unspecified atom stereocenters. The molecular formula is C24H25ClF2N4O2S. The molecule has 0 saturated carbocycles. The maximum atomic E-state index is 14.7. The second-order valence-electron chi connectivity index (χ2n) is 7.96. The summed E-state index contributed by atoms with van der Waals surface area (Å²) in [6.45, 7) is 0.885. The van der Waals surface area contributed by atoms with Crippen LogP contribution in [-0.2, 0) is 11.2 Å². The first kappa shape index (κ1) is 25.9. The van der Waals surface area contributed by atoms with E-state index < -0.39 is 17.4 Å². The topological polar surface area (TPSA) is 67.4 Å². The molecule has 1 aromatic heterocycles. The molecule has 0 amide bonds. The number of likely N-dealkylation sites (N-methyl/N-ethyl adjacent to an activating group) is 1. The van der Waals surface area contributed by atoms with Crippen LogP contribution >= 0.6 is 25.1 Å². The first-order valence-corrected chi connectivity index (χ1v) is 10.9. The van der Waals surface area contributed by atoms with Crippen LogP contribution in [0.3, 0.4) is 0 Å². The Morgan fingerprint density at radius 2 is 2.12 bits per heavy atom. The van der Waals surface area contributed by atoms with Crippen LogP contribution in [0.4, 0.5) is 20.3 Å². The van der Waals surface area contributed by atoms with E-state index in [1.807, 2.05) is 11.9 Å². The second-order valence-corrected chi connectivity index (χ2v) is 8.37. The first-order chi connectivity index (χ1) is 15.9. The number of fused-ring (bicyclic) bond motifs is 1. The standard InChI is InChI=1S/C24H23ClF2N4O2.H2S/c1-31-7-3-4-16(31)11-20(27)22(32)9-14-8-17-21(12-23(14)33-2)28-13-29-24(17)30-15-5-6-19(26)18(25)10-15;/h5-6,8,10-13,16H,3-4,7,9H2,1-2H3,(H,28,29,30);1H2. The predicted octanol–water partition coefficient (Wildman–Crippen LogP) is 5.35. The highest BCUT2D eigenvalue weighted by molar-refractivity contribution is 7.59. The Kier molecular flexibility index (Phi) is 8.46. The molecule has 2 heterocycles. The molecule has 1 fully saturated rings. The number of likely N-dealkylation sites (tertiary alicyclic amines) is 1. The van der Waals surface area contributed by atoms with E-state index in [1.54, 1.807) is 12.1 Å². The minimum atomic E-state index is -0.750. The van der Waals surface area contributed by atoms with Gasteiger partial charge in [-0.15, -0.1) is 0 Å². The number of hydrogen-bond donors (Lipinski definition) is 1. The largest absolute Gasteiger partial charge is 0.496 e. The maximum Gasteiger partial charge on any atom is 0.195 e. The van der Waals surface area contributed by atoms with Crippen LogP contribution in [0, 0.1) is 5.82 Å². The van der Waals surface area contributed by atoms with Crippen molar-refractivity contribution in [3.05, 3.63) is 65.0 Å². The zero-order valence-corrected chi connectivity index (χ0v) is 20.5. The number of nitrogens with zero attached hydrogens (tertiary/aromatic N) is 3. The number of anilines is 2. The Balaban J connectivity index is 0.00000324. The smallest absolute Gasteiger partial charge is 0.195 e. The summed E-state index contributed by atoms with van der Waals surface area (Å²) in [6, 6.07) is 7.53. The lowest BCUT2D eigenvalue weighted by molar-refractivity contribution is -0.116. The van der Waals surface area contributed by atoms with Crippen molar-refractivity contribution in [1.82, 2.24) is 14.9 Å². The van der Waals surface area contributed by atoms with Crippen molar-refractivity contribution in [3.63, 3.8) is 0 Å². The molecule has 34 heavy (non-hydrogen) atoms. The number of halogens is 3. The third-order valence-electron chi connectivity index (χ3n) is 5.75. The minimum Gasteiger partial charge on any atom is -0.496 e. The van der Waals surface area contributed by atoms with Crippen LogP contribution in [-0.4, -0.2) is 47.4 Å². The van der Waals surface area contributed by atoms with Crippen LogP contribution in [0.5, 0.6) is 5.75 Å². The number of ether oxygens (including phenoxy) is 1. The predicted molar refractivity (Wildman–Crippen MR) is 135 cm³/mol. The van der Waals surface area contributed by atoms with Gasteiger partial charge in [-0.3, -0.25) is 9.69 Å². The van der Waals surface area contributed by atoms with E-state index in [9.17, 15) is 13.6 Å². The van der Waals surface area contributed by atoms with E-state index in [-0.39, 0.29) is 31.0 Å². The van der Waals surface area contributed by atoms with Gasteiger partial charge in [0.2, 0.25) is 0 Å². The van der Waals surface area contributed by atoms with Crippen LogP contribution in [0.15, 0.2) is 48.6 Å². The van der Waals surface area contributed by atoms with Crippen molar-refractivity contribution in [3.8, 4) is 5.75 Å². The van der Waals surface area contributed by atoms with Crippen molar-refractivity contribution in [2.24, 2.45) is 0 Å². The number of carbonyl (C=O) groups excluding carboxylic acids is 1. The number of rotatable bonds is 7. The zero-order valence-electron chi connectivity index (χ0n) is 18.7. The van der Waals surface area contributed by atoms with E-state index >= 15 is 0 Å². The highest BCUT2D eigenvalue weighted by Crippen LogP contribution is 2.31. The lowest BCUT2D eigenvalue weighted by Gasteiger charge is -2.15. The molecule has 3 aromatic rings. The molecule has 2 aromatic carbocycles. The lowest BCUT2D eigenvalue weighted by Crippen LogP contribution is -2.23. The number of carbonyl (C=O) groups is 1. The third-order valence-corrected chi connectivity index (χ3v) is 6.04. The molecule has 180 valence electrons. The molecule has 0 aliphatic carbocycles. The fourth-order valence-corrected chi connectivity index (χ4v) is 4.11. The Labute approximate surface area is 208 Å². The van der Waals surface area contributed by atoms with Gasteiger partial charge in [-0.05, 0) is 56.8 Å². The Morgan fingerprint density at radius 1 is 1.32 bits per heavy atom. The molecule has 1 N–H and O–H groups in total. The number of aromatic nitrogens is 2. The second kappa shape index (κ2) is 11.1. The molecular weight excluding hydrogens is 482 g/mol. The number of benzene rings is 2. The summed E-state index contributed by atoms with van der Waals surface area (Å²) in [5.41, 5.74) is 1.61. The molecule has 0 spiro atoms. The van der Waals surface area contributed by atoms with Crippen molar-refractivity contribution >= 4 is 53.3 Å². The summed E-state index contributed by atoms with van der Waals surface area (Å²) in [6.07, 6.45) is 4.41. The van der Waals surface area contributed by atoms with Gasteiger partial charge in [0.25, 0.3) is 0 Å². The van der Waals surface area contributed by atoms with Gasteiger partial charge in [-0.2, -0.15) is 13.5 Å². The molecule has 0 bridgehead atoms. The molecule has 1 saturated heterocycles. The van der Waals surface area contributed by atoms with Crippen molar-refractivity contribution in [2.45, 2.75) is 25.3 Å².